The van der Waals surface area contributed by atoms with E-state index in [4.69, 9.17) is 5.73 Å². The number of nitrogens with zero attached hydrogens (tertiary/aromatic N) is 1. The molecule has 0 spiro atoms. The summed E-state index contributed by atoms with van der Waals surface area (Å²) >= 11 is 0. The number of carbonyl (C=O) groups excluding carboxylic acids is 1. The minimum Gasteiger partial charge on any atom is -0.406 e. The molecule has 1 aromatic rings. The number of alkyl halides is 3. The Morgan fingerprint density at radius 3 is 2.72 bits per heavy atom. The van der Waals surface area contributed by atoms with Crippen molar-refractivity contribution in [2.45, 2.75) is 38.2 Å². The molecule has 1 fully saturated rings. The van der Waals surface area contributed by atoms with Gasteiger partial charge in [0.2, 0.25) is 5.91 Å². The van der Waals surface area contributed by atoms with Gasteiger partial charge in [-0.15, -0.1) is 38.0 Å². The molecule has 1 amide bonds. The van der Waals surface area contributed by atoms with Gasteiger partial charge in [-0.1, -0.05) is 13.0 Å². The summed E-state index contributed by atoms with van der Waals surface area (Å²) in [5, 5.41) is 2.87. The van der Waals surface area contributed by atoms with Crippen LogP contribution in [0.4, 0.5) is 18.9 Å². The topological polar surface area (TPSA) is 67.6 Å². The quantitative estimate of drug-likeness (QED) is 0.792. The summed E-state index contributed by atoms with van der Waals surface area (Å²) < 4.78 is 40.7. The predicted molar refractivity (Wildman–Crippen MR) is 94.6 cm³/mol. The zero-order valence-electron chi connectivity index (χ0n) is 13.6. The number of halogens is 5. The number of anilines is 1. The van der Waals surface area contributed by atoms with Crippen LogP contribution in [0.25, 0.3) is 0 Å². The van der Waals surface area contributed by atoms with Gasteiger partial charge in [0, 0.05) is 30.9 Å². The third-order valence-electron chi connectivity index (χ3n) is 3.73. The molecule has 10 heteroatoms. The maximum absolute atomic E-state index is 12.3. The average Bonchev–Trinajstić information content (AvgIpc) is 2.93. The molecule has 2 rings (SSSR count). The van der Waals surface area contributed by atoms with Crippen LogP contribution in [0, 0.1) is 0 Å². The van der Waals surface area contributed by atoms with Crippen molar-refractivity contribution in [3.05, 3.63) is 24.3 Å². The first-order valence-corrected chi connectivity index (χ1v) is 7.45. The fourth-order valence-electron chi connectivity index (χ4n) is 2.48. The molecule has 1 aliphatic heterocycles. The second-order valence-electron chi connectivity index (χ2n) is 5.50. The standard InChI is InChI=1S/C15H20F3N3O2.2ClH/c1-2-13(19)14(22)20-10-6-7-21(9-10)11-4-3-5-12(8-11)23-15(16,17)18;;/h3-5,8,10,13H,2,6-7,9,19H2,1H3,(H,20,22);2*1H/t10?,13-;;/m0../s1. The van der Waals surface area contributed by atoms with Gasteiger partial charge in [-0.05, 0) is 25.0 Å². The van der Waals surface area contributed by atoms with E-state index in [0.29, 0.717) is 31.6 Å². The van der Waals surface area contributed by atoms with Crippen LogP contribution in [0.5, 0.6) is 5.75 Å². The van der Waals surface area contributed by atoms with E-state index < -0.39 is 12.4 Å². The number of carbonyl (C=O) groups is 1. The van der Waals surface area contributed by atoms with E-state index in [1.54, 1.807) is 6.07 Å². The summed E-state index contributed by atoms with van der Waals surface area (Å²) in [5.41, 5.74) is 6.30. The Morgan fingerprint density at radius 1 is 1.44 bits per heavy atom. The van der Waals surface area contributed by atoms with Crippen molar-refractivity contribution in [3.8, 4) is 5.75 Å². The lowest BCUT2D eigenvalue weighted by Crippen LogP contribution is -2.46. The number of hydrogen-bond acceptors (Lipinski definition) is 4. The molecule has 0 aliphatic carbocycles. The smallest absolute Gasteiger partial charge is 0.406 e. The highest BCUT2D eigenvalue weighted by Crippen LogP contribution is 2.28. The fraction of sp³-hybridized carbons (Fsp3) is 0.533. The van der Waals surface area contributed by atoms with Crippen molar-refractivity contribution >= 4 is 36.4 Å². The SMILES string of the molecule is CC[C@H](N)C(=O)NC1CCN(c2cccc(OC(F)(F)F)c2)C1.Cl.Cl. The van der Waals surface area contributed by atoms with Gasteiger partial charge in [0.05, 0.1) is 6.04 Å². The highest BCUT2D eigenvalue weighted by molar-refractivity contribution is 5.85. The molecular formula is C15H22Cl2F3N3O2. The van der Waals surface area contributed by atoms with Gasteiger partial charge < -0.3 is 20.7 Å². The number of rotatable bonds is 5. The van der Waals surface area contributed by atoms with Crippen LogP contribution in [-0.2, 0) is 4.79 Å². The first-order chi connectivity index (χ1) is 10.8. The number of benzene rings is 1. The van der Waals surface area contributed by atoms with E-state index in [-0.39, 0.29) is 42.5 Å². The highest BCUT2D eigenvalue weighted by atomic mass is 35.5. The molecule has 2 atom stereocenters. The molecule has 1 aliphatic rings. The molecule has 0 saturated carbocycles. The third-order valence-corrected chi connectivity index (χ3v) is 3.73. The number of nitrogens with two attached hydrogens (primary N) is 1. The molecule has 0 radical (unpaired) electrons. The zero-order valence-corrected chi connectivity index (χ0v) is 15.2. The van der Waals surface area contributed by atoms with Gasteiger partial charge in [0.25, 0.3) is 0 Å². The van der Waals surface area contributed by atoms with Gasteiger partial charge in [-0.2, -0.15) is 0 Å². The van der Waals surface area contributed by atoms with Crippen molar-refractivity contribution in [1.29, 1.82) is 0 Å². The Bertz CT molecular complexity index is 561. The van der Waals surface area contributed by atoms with Gasteiger partial charge in [-0.25, -0.2) is 0 Å². The second-order valence-corrected chi connectivity index (χ2v) is 5.50. The van der Waals surface area contributed by atoms with Gasteiger partial charge >= 0.3 is 6.36 Å². The maximum Gasteiger partial charge on any atom is 0.573 e. The minimum absolute atomic E-state index is 0. The number of nitrogens with one attached hydrogen (secondary N) is 1. The Morgan fingerprint density at radius 2 is 2.12 bits per heavy atom. The summed E-state index contributed by atoms with van der Waals surface area (Å²) in [6.45, 7) is 3.00. The van der Waals surface area contributed by atoms with Crippen LogP contribution in [0.1, 0.15) is 19.8 Å². The van der Waals surface area contributed by atoms with Crippen molar-refractivity contribution in [2.75, 3.05) is 18.0 Å². The predicted octanol–water partition coefficient (Wildman–Crippen LogP) is 2.86. The summed E-state index contributed by atoms with van der Waals surface area (Å²) in [6.07, 6.45) is -3.44. The van der Waals surface area contributed by atoms with Crippen LogP contribution in [0.15, 0.2) is 24.3 Å². The molecule has 3 N–H and O–H groups in total. The Balaban J connectivity index is 0.00000288. The maximum atomic E-state index is 12.3. The molecule has 25 heavy (non-hydrogen) atoms. The van der Waals surface area contributed by atoms with Crippen LogP contribution in [-0.4, -0.2) is 37.4 Å². The van der Waals surface area contributed by atoms with Crippen molar-refractivity contribution in [3.63, 3.8) is 0 Å². The molecule has 5 nitrogen and oxygen atoms in total. The van der Waals surface area contributed by atoms with Gasteiger partial charge in [-0.3, -0.25) is 4.79 Å². The summed E-state index contributed by atoms with van der Waals surface area (Å²) in [6, 6.07) is 5.22. The Kier molecular flexibility index (Phi) is 9.39. The number of amides is 1. The van der Waals surface area contributed by atoms with Crippen LogP contribution in [0.3, 0.4) is 0 Å². The van der Waals surface area contributed by atoms with E-state index >= 15 is 0 Å². The van der Waals surface area contributed by atoms with E-state index in [0.717, 1.165) is 0 Å². The lowest BCUT2D eigenvalue weighted by Gasteiger charge is -2.20. The summed E-state index contributed by atoms with van der Waals surface area (Å²) in [5.74, 6) is -0.455. The largest absolute Gasteiger partial charge is 0.573 e. The number of ether oxygens (including phenoxy) is 1. The van der Waals surface area contributed by atoms with Crippen LogP contribution in [0.2, 0.25) is 0 Å². The summed E-state index contributed by atoms with van der Waals surface area (Å²) in [4.78, 5) is 13.7. The molecule has 144 valence electrons. The monoisotopic (exact) mass is 403 g/mol. The van der Waals surface area contributed by atoms with Crippen molar-refractivity contribution in [2.24, 2.45) is 5.73 Å². The third kappa shape index (κ3) is 7.17. The molecule has 1 saturated heterocycles. The van der Waals surface area contributed by atoms with E-state index in [9.17, 15) is 18.0 Å². The van der Waals surface area contributed by atoms with Crippen LogP contribution < -0.4 is 20.7 Å². The first kappa shape index (κ1) is 23.6. The Hall–Kier alpha value is -1.38. The molecule has 1 aromatic carbocycles. The summed E-state index contributed by atoms with van der Waals surface area (Å²) in [7, 11) is 0. The molecule has 1 unspecified atom stereocenters. The molecule has 0 aromatic heterocycles. The van der Waals surface area contributed by atoms with Crippen molar-refractivity contribution < 1.29 is 22.7 Å². The van der Waals surface area contributed by atoms with Gasteiger partial charge in [0.1, 0.15) is 5.75 Å². The van der Waals surface area contributed by atoms with E-state index in [2.05, 4.69) is 10.1 Å². The fourth-order valence-corrected chi connectivity index (χ4v) is 2.48. The molecular weight excluding hydrogens is 382 g/mol. The number of hydrogen-bond donors (Lipinski definition) is 2. The lowest BCUT2D eigenvalue weighted by atomic mass is 10.2. The van der Waals surface area contributed by atoms with E-state index in [1.807, 2.05) is 11.8 Å². The average molecular weight is 404 g/mol. The normalized spacial score (nSPS) is 18.0. The Labute approximate surface area is 156 Å². The van der Waals surface area contributed by atoms with Gasteiger partial charge in [0.15, 0.2) is 0 Å². The van der Waals surface area contributed by atoms with Crippen LogP contribution >= 0.6 is 24.8 Å². The zero-order chi connectivity index (χ0) is 17.0. The molecule has 1 heterocycles. The lowest BCUT2D eigenvalue weighted by molar-refractivity contribution is -0.274. The molecule has 0 bridgehead atoms. The van der Waals surface area contributed by atoms with E-state index in [1.165, 1.54) is 18.2 Å². The second kappa shape index (κ2) is 9.94. The minimum atomic E-state index is -4.71. The van der Waals surface area contributed by atoms with Crippen molar-refractivity contribution in [1.82, 2.24) is 5.32 Å². The first-order valence-electron chi connectivity index (χ1n) is 7.45. The highest BCUT2D eigenvalue weighted by Gasteiger charge is 2.31.